The van der Waals surface area contributed by atoms with Crippen LogP contribution in [0.3, 0.4) is 0 Å². The zero-order valence-corrected chi connectivity index (χ0v) is 11.7. The molecule has 0 fully saturated rings. The highest BCUT2D eigenvalue weighted by atomic mass is 16.5. The summed E-state index contributed by atoms with van der Waals surface area (Å²) in [5.74, 6) is 1.01. The van der Waals surface area contributed by atoms with E-state index in [1.54, 1.807) is 13.2 Å². The van der Waals surface area contributed by atoms with E-state index in [0.717, 1.165) is 22.5 Å². The fourth-order valence-corrected chi connectivity index (χ4v) is 2.20. The molecular formula is C17H16N2O2. The van der Waals surface area contributed by atoms with Gasteiger partial charge in [-0.3, -0.25) is 0 Å². The van der Waals surface area contributed by atoms with Gasteiger partial charge in [-0.1, -0.05) is 24.3 Å². The lowest BCUT2D eigenvalue weighted by atomic mass is 10.2. The predicted molar refractivity (Wildman–Crippen MR) is 83.7 cm³/mol. The molecule has 0 amide bonds. The maximum atomic E-state index is 9.85. The van der Waals surface area contributed by atoms with Gasteiger partial charge in [0, 0.05) is 17.1 Å². The second-order valence-corrected chi connectivity index (χ2v) is 4.74. The number of fused-ring (bicyclic) bond motifs is 1. The largest absolute Gasteiger partial charge is 0.506 e. The average molecular weight is 280 g/mol. The Labute approximate surface area is 123 Å². The summed E-state index contributed by atoms with van der Waals surface area (Å²) in [7, 11) is 1.65. The molecule has 3 rings (SSSR count). The highest BCUT2D eigenvalue weighted by Gasteiger charge is 2.03. The Bertz CT molecular complexity index is 772. The van der Waals surface area contributed by atoms with Crippen molar-refractivity contribution in [2.45, 2.75) is 6.54 Å². The smallest absolute Gasteiger partial charge is 0.141 e. The number of hydrogen-bond acceptors (Lipinski definition) is 4. The highest BCUT2D eigenvalue weighted by molar-refractivity contribution is 5.84. The van der Waals surface area contributed by atoms with Crippen LogP contribution in [0, 0.1) is 0 Å². The summed E-state index contributed by atoms with van der Waals surface area (Å²) in [5, 5.41) is 14.1. The van der Waals surface area contributed by atoms with Crippen LogP contribution in [0.15, 0.2) is 54.6 Å². The van der Waals surface area contributed by atoms with Gasteiger partial charge in [-0.15, -0.1) is 0 Å². The van der Waals surface area contributed by atoms with Gasteiger partial charge in [0.1, 0.15) is 17.0 Å². The molecule has 2 aromatic carbocycles. The molecule has 0 saturated carbocycles. The fourth-order valence-electron chi connectivity index (χ4n) is 2.20. The molecule has 1 aromatic heterocycles. The Morgan fingerprint density at radius 1 is 1.10 bits per heavy atom. The van der Waals surface area contributed by atoms with Gasteiger partial charge in [0.05, 0.1) is 19.3 Å². The van der Waals surface area contributed by atoms with E-state index in [4.69, 9.17) is 4.74 Å². The molecule has 0 aliphatic carbocycles. The number of nitrogens with one attached hydrogen (secondary N) is 1. The SMILES string of the molecule is COc1cccc(NCc2ccc3cccc(O)c3n2)c1. The molecular weight excluding hydrogens is 264 g/mol. The molecule has 0 spiro atoms. The maximum absolute atomic E-state index is 9.85. The first-order valence-corrected chi connectivity index (χ1v) is 6.72. The number of hydrogen-bond donors (Lipinski definition) is 2. The lowest BCUT2D eigenvalue weighted by Crippen LogP contribution is -2.01. The summed E-state index contributed by atoms with van der Waals surface area (Å²) in [5.41, 5.74) is 2.46. The standard InChI is InChI=1S/C17H16N2O2/c1-21-15-6-3-5-13(10-15)18-11-14-9-8-12-4-2-7-16(20)17(12)19-14/h2-10,18,20H,11H2,1H3. The van der Waals surface area contributed by atoms with E-state index in [1.807, 2.05) is 48.5 Å². The zero-order valence-electron chi connectivity index (χ0n) is 11.7. The first-order chi connectivity index (χ1) is 10.3. The van der Waals surface area contributed by atoms with Crippen molar-refractivity contribution in [2.24, 2.45) is 0 Å². The van der Waals surface area contributed by atoms with Gasteiger partial charge in [0.15, 0.2) is 0 Å². The molecule has 0 atom stereocenters. The minimum Gasteiger partial charge on any atom is -0.506 e. The fraction of sp³-hybridized carbons (Fsp3) is 0.118. The number of methoxy groups -OCH3 is 1. The number of aromatic nitrogens is 1. The molecule has 0 bridgehead atoms. The molecule has 0 radical (unpaired) electrons. The predicted octanol–water partition coefficient (Wildman–Crippen LogP) is 3.56. The first kappa shape index (κ1) is 13.2. The van der Waals surface area contributed by atoms with Crippen LogP contribution in [0.1, 0.15) is 5.69 Å². The van der Waals surface area contributed by atoms with Gasteiger partial charge in [0.25, 0.3) is 0 Å². The van der Waals surface area contributed by atoms with Gasteiger partial charge in [0.2, 0.25) is 0 Å². The van der Waals surface area contributed by atoms with Gasteiger partial charge in [-0.2, -0.15) is 0 Å². The minimum absolute atomic E-state index is 0.204. The highest BCUT2D eigenvalue weighted by Crippen LogP contribution is 2.23. The number of nitrogens with zero attached hydrogens (tertiary/aromatic N) is 1. The quantitative estimate of drug-likeness (QED) is 0.767. The molecule has 0 unspecified atom stereocenters. The third-order valence-corrected chi connectivity index (χ3v) is 3.30. The minimum atomic E-state index is 0.204. The maximum Gasteiger partial charge on any atom is 0.141 e. The number of para-hydroxylation sites is 1. The molecule has 0 aliphatic rings. The van der Waals surface area contributed by atoms with Crippen LogP contribution in [0.25, 0.3) is 10.9 Å². The summed E-state index contributed by atoms with van der Waals surface area (Å²) in [6, 6.07) is 17.0. The van der Waals surface area contributed by atoms with Crippen LogP contribution >= 0.6 is 0 Å². The van der Waals surface area contributed by atoms with Crippen molar-refractivity contribution in [3.05, 3.63) is 60.3 Å². The van der Waals surface area contributed by atoms with E-state index in [1.165, 1.54) is 0 Å². The van der Waals surface area contributed by atoms with E-state index in [2.05, 4.69) is 10.3 Å². The van der Waals surface area contributed by atoms with Crippen molar-refractivity contribution >= 4 is 16.6 Å². The molecule has 0 saturated heterocycles. The lowest BCUT2D eigenvalue weighted by molar-refractivity contribution is 0.415. The molecule has 1 heterocycles. The van der Waals surface area contributed by atoms with Crippen molar-refractivity contribution < 1.29 is 9.84 Å². The number of rotatable bonds is 4. The molecule has 4 nitrogen and oxygen atoms in total. The summed E-state index contributed by atoms with van der Waals surface area (Å²) < 4.78 is 5.19. The number of pyridine rings is 1. The number of benzene rings is 2. The van der Waals surface area contributed by atoms with Gasteiger partial charge < -0.3 is 15.2 Å². The van der Waals surface area contributed by atoms with E-state index >= 15 is 0 Å². The second-order valence-electron chi connectivity index (χ2n) is 4.74. The summed E-state index contributed by atoms with van der Waals surface area (Å²) >= 11 is 0. The Morgan fingerprint density at radius 2 is 1.95 bits per heavy atom. The molecule has 21 heavy (non-hydrogen) atoms. The topological polar surface area (TPSA) is 54.4 Å². The van der Waals surface area contributed by atoms with Gasteiger partial charge >= 0.3 is 0 Å². The third-order valence-electron chi connectivity index (χ3n) is 3.30. The van der Waals surface area contributed by atoms with Crippen LogP contribution in [-0.4, -0.2) is 17.2 Å². The van der Waals surface area contributed by atoms with Crippen molar-refractivity contribution in [3.8, 4) is 11.5 Å². The number of phenols is 1. The molecule has 2 N–H and O–H groups in total. The van der Waals surface area contributed by atoms with Crippen molar-refractivity contribution in [1.82, 2.24) is 4.98 Å². The Balaban J connectivity index is 1.80. The monoisotopic (exact) mass is 280 g/mol. The summed E-state index contributed by atoms with van der Waals surface area (Å²) in [6.45, 7) is 0.581. The number of phenolic OH excluding ortho intramolecular Hbond substituents is 1. The Kier molecular flexibility index (Phi) is 3.60. The Hall–Kier alpha value is -2.75. The number of aromatic hydroxyl groups is 1. The van der Waals surface area contributed by atoms with Crippen LogP contribution < -0.4 is 10.1 Å². The van der Waals surface area contributed by atoms with Crippen LogP contribution in [-0.2, 0) is 6.54 Å². The van der Waals surface area contributed by atoms with E-state index < -0.39 is 0 Å². The Morgan fingerprint density at radius 3 is 2.81 bits per heavy atom. The van der Waals surface area contributed by atoms with Gasteiger partial charge in [-0.05, 0) is 24.3 Å². The summed E-state index contributed by atoms with van der Waals surface area (Å²) in [4.78, 5) is 4.49. The van der Waals surface area contributed by atoms with Crippen molar-refractivity contribution in [1.29, 1.82) is 0 Å². The van der Waals surface area contributed by atoms with Crippen LogP contribution in [0.2, 0.25) is 0 Å². The van der Waals surface area contributed by atoms with E-state index in [-0.39, 0.29) is 5.75 Å². The number of anilines is 1. The van der Waals surface area contributed by atoms with Crippen molar-refractivity contribution in [2.75, 3.05) is 12.4 Å². The van der Waals surface area contributed by atoms with E-state index in [9.17, 15) is 5.11 Å². The molecule has 3 aromatic rings. The first-order valence-electron chi connectivity index (χ1n) is 6.72. The third kappa shape index (κ3) is 2.89. The van der Waals surface area contributed by atoms with E-state index in [0.29, 0.717) is 12.1 Å². The normalized spacial score (nSPS) is 10.5. The molecule has 4 heteroatoms. The average Bonchev–Trinajstić information content (AvgIpc) is 2.54. The van der Waals surface area contributed by atoms with Crippen LogP contribution in [0.4, 0.5) is 5.69 Å². The molecule has 106 valence electrons. The summed E-state index contributed by atoms with van der Waals surface area (Å²) in [6.07, 6.45) is 0. The second kappa shape index (κ2) is 5.71. The van der Waals surface area contributed by atoms with Crippen molar-refractivity contribution in [3.63, 3.8) is 0 Å². The lowest BCUT2D eigenvalue weighted by Gasteiger charge is -2.08. The van der Waals surface area contributed by atoms with Crippen LogP contribution in [0.5, 0.6) is 11.5 Å². The zero-order chi connectivity index (χ0) is 14.7. The van der Waals surface area contributed by atoms with Gasteiger partial charge in [-0.25, -0.2) is 4.98 Å². The number of ether oxygens (including phenoxy) is 1. The molecule has 0 aliphatic heterocycles.